The standard InChI is InChI=1S/C13H11ClO2/c1-16-13(15)12-7-6-9(8-14)10-4-2-3-5-11(10)12/h2-7H,8H2,1H3. The molecule has 0 unspecified atom stereocenters. The van der Waals surface area contributed by atoms with Gasteiger partial charge in [0.05, 0.1) is 12.7 Å². The summed E-state index contributed by atoms with van der Waals surface area (Å²) < 4.78 is 4.75. The second-order valence-electron chi connectivity index (χ2n) is 3.44. The van der Waals surface area contributed by atoms with Crippen molar-refractivity contribution in [2.45, 2.75) is 5.88 Å². The maximum Gasteiger partial charge on any atom is 0.338 e. The first-order chi connectivity index (χ1) is 7.77. The van der Waals surface area contributed by atoms with E-state index >= 15 is 0 Å². The van der Waals surface area contributed by atoms with Crippen LogP contribution in [0.1, 0.15) is 15.9 Å². The zero-order valence-corrected chi connectivity index (χ0v) is 9.62. The molecule has 0 saturated heterocycles. The number of alkyl halides is 1. The molecule has 0 aliphatic heterocycles. The van der Waals surface area contributed by atoms with E-state index in [4.69, 9.17) is 16.3 Å². The topological polar surface area (TPSA) is 26.3 Å². The summed E-state index contributed by atoms with van der Waals surface area (Å²) in [5.41, 5.74) is 1.59. The SMILES string of the molecule is COC(=O)c1ccc(CCl)c2ccccc12. The summed E-state index contributed by atoms with van der Waals surface area (Å²) in [6.07, 6.45) is 0. The minimum Gasteiger partial charge on any atom is -0.465 e. The number of carbonyl (C=O) groups excluding carboxylic acids is 1. The Labute approximate surface area is 98.8 Å². The third kappa shape index (κ3) is 1.76. The fourth-order valence-electron chi connectivity index (χ4n) is 1.77. The molecule has 0 atom stereocenters. The lowest BCUT2D eigenvalue weighted by Gasteiger charge is -2.07. The molecule has 82 valence electrons. The van der Waals surface area contributed by atoms with Gasteiger partial charge in [-0.25, -0.2) is 4.79 Å². The Balaban J connectivity index is 2.74. The fraction of sp³-hybridized carbons (Fsp3) is 0.154. The second kappa shape index (κ2) is 4.54. The lowest BCUT2D eigenvalue weighted by molar-refractivity contribution is 0.0603. The van der Waals surface area contributed by atoms with E-state index in [2.05, 4.69) is 0 Å². The van der Waals surface area contributed by atoms with Gasteiger partial charge in [0, 0.05) is 5.88 Å². The van der Waals surface area contributed by atoms with Crippen LogP contribution < -0.4 is 0 Å². The Hall–Kier alpha value is -1.54. The summed E-state index contributed by atoms with van der Waals surface area (Å²) in [6.45, 7) is 0. The number of benzene rings is 2. The van der Waals surface area contributed by atoms with Crippen molar-refractivity contribution in [3.63, 3.8) is 0 Å². The van der Waals surface area contributed by atoms with Gasteiger partial charge < -0.3 is 4.74 Å². The molecule has 0 spiro atoms. The molecule has 0 amide bonds. The average molecular weight is 235 g/mol. The van der Waals surface area contributed by atoms with Crippen molar-refractivity contribution in [1.29, 1.82) is 0 Å². The van der Waals surface area contributed by atoms with Crippen LogP contribution in [-0.4, -0.2) is 13.1 Å². The molecule has 2 nitrogen and oxygen atoms in total. The highest BCUT2D eigenvalue weighted by Crippen LogP contribution is 2.24. The van der Waals surface area contributed by atoms with Gasteiger partial charge in [0.15, 0.2) is 0 Å². The van der Waals surface area contributed by atoms with Crippen LogP contribution in [0.2, 0.25) is 0 Å². The van der Waals surface area contributed by atoms with Crippen molar-refractivity contribution in [3.05, 3.63) is 47.5 Å². The van der Waals surface area contributed by atoms with Gasteiger partial charge in [0.2, 0.25) is 0 Å². The summed E-state index contributed by atoms with van der Waals surface area (Å²) in [5, 5.41) is 1.88. The Bertz CT molecular complexity index is 534. The maximum absolute atomic E-state index is 11.6. The molecule has 2 rings (SSSR count). The lowest BCUT2D eigenvalue weighted by Crippen LogP contribution is -2.02. The first-order valence-corrected chi connectivity index (χ1v) is 5.46. The van der Waals surface area contributed by atoms with Crippen LogP contribution in [0.25, 0.3) is 10.8 Å². The third-order valence-electron chi connectivity index (χ3n) is 2.56. The van der Waals surface area contributed by atoms with E-state index in [0.29, 0.717) is 11.4 Å². The monoisotopic (exact) mass is 234 g/mol. The Morgan fingerprint density at radius 2 is 1.88 bits per heavy atom. The molecule has 3 heteroatoms. The van der Waals surface area contributed by atoms with Crippen molar-refractivity contribution in [2.24, 2.45) is 0 Å². The summed E-state index contributed by atoms with van der Waals surface area (Å²) >= 11 is 5.86. The highest BCUT2D eigenvalue weighted by molar-refractivity contribution is 6.18. The fourth-order valence-corrected chi connectivity index (χ4v) is 2.00. The van der Waals surface area contributed by atoms with Crippen molar-refractivity contribution in [2.75, 3.05) is 7.11 Å². The number of fused-ring (bicyclic) bond motifs is 1. The number of halogens is 1. The first kappa shape index (κ1) is 11.0. The van der Waals surface area contributed by atoms with E-state index in [9.17, 15) is 4.79 Å². The molecule has 0 fully saturated rings. The smallest absolute Gasteiger partial charge is 0.338 e. The molecule has 16 heavy (non-hydrogen) atoms. The zero-order chi connectivity index (χ0) is 11.5. The summed E-state index contributed by atoms with van der Waals surface area (Å²) in [4.78, 5) is 11.6. The van der Waals surface area contributed by atoms with E-state index in [0.717, 1.165) is 16.3 Å². The van der Waals surface area contributed by atoms with Gasteiger partial charge in [-0.05, 0) is 22.4 Å². The maximum atomic E-state index is 11.6. The van der Waals surface area contributed by atoms with Crippen molar-refractivity contribution < 1.29 is 9.53 Å². The van der Waals surface area contributed by atoms with Crippen LogP contribution in [0.5, 0.6) is 0 Å². The number of hydrogen-bond donors (Lipinski definition) is 0. The largest absolute Gasteiger partial charge is 0.465 e. The lowest BCUT2D eigenvalue weighted by atomic mass is 10.0. The molecule has 0 N–H and O–H groups in total. The van der Waals surface area contributed by atoms with E-state index in [1.807, 2.05) is 30.3 Å². The zero-order valence-electron chi connectivity index (χ0n) is 8.87. The van der Waals surface area contributed by atoms with Gasteiger partial charge >= 0.3 is 5.97 Å². The molecule has 0 heterocycles. The van der Waals surface area contributed by atoms with Gasteiger partial charge in [0.1, 0.15) is 0 Å². The van der Waals surface area contributed by atoms with Crippen LogP contribution in [-0.2, 0) is 10.6 Å². The third-order valence-corrected chi connectivity index (χ3v) is 2.85. The van der Waals surface area contributed by atoms with Crippen LogP contribution >= 0.6 is 11.6 Å². The highest BCUT2D eigenvalue weighted by atomic mass is 35.5. The molecule has 2 aromatic rings. The molecular formula is C13H11ClO2. The number of methoxy groups -OCH3 is 1. The number of carbonyl (C=O) groups is 1. The molecule has 0 aromatic heterocycles. The Morgan fingerprint density at radius 3 is 2.50 bits per heavy atom. The van der Waals surface area contributed by atoms with Crippen molar-refractivity contribution in [1.82, 2.24) is 0 Å². The van der Waals surface area contributed by atoms with Crippen LogP contribution in [0, 0.1) is 0 Å². The first-order valence-electron chi connectivity index (χ1n) is 4.93. The van der Waals surface area contributed by atoms with Gasteiger partial charge in [-0.3, -0.25) is 0 Å². The normalized spacial score (nSPS) is 10.4. The van der Waals surface area contributed by atoms with Crippen molar-refractivity contribution in [3.8, 4) is 0 Å². The van der Waals surface area contributed by atoms with Gasteiger partial charge in [-0.1, -0.05) is 30.3 Å². The average Bonchev–Trinajstić information content (AvgIpc) is 2.36. The predicted molar refractivity (Wildman–Crippen MR) is 64.8 cm³/mol. The van der Waals surface area contributed by atoms with E-state index in [1.54, 1.807) is 6.07 Å². The number of hydrogen-bond acceptors (Lipinski definition) is 2. The molecule has 0 bridgehead atoms. The van der Waals surface area contributed by atoms with E-state index in [-0.39, 0.29) is 5.97 Å². The minimum atomic E-state index is -0.322. The molecule has 0 aliphatic rings. The summed E-state index contributed by atoms with van der Waals surface area (Å²) in [6, 6.07) is 11.3. The van der Waals surface area contributed by atoms with Crippen LogP contribution in [0.15, 0.2) is 36.4 Å². The van der Waals surface area contributed by atoms with E-state index in [1.165, 1.54) is 7.11 Å². The number of rotatable bonds is 2. The Morgan fingerprint density at radius 1 is 1.19 bits per heavy atom. The molecular weight excluding hydrogens is 224 g/mol. The molecule has 2 aromatic carbocycles. The molecule has 0 aliphatic carbocycles. The van der Waals surface area contributed by atoms with Gasteiger partial charge in [0.25, 0.3) is 0 Å². The van der Waals surface area contributed by atoms with Crippen LogP contribution in [0.4, 0.5) is 0 Å². The molecule has 0 radical (unpaired) electrons. The van der Waals surface area contributed by atoms with Gasteiger partial charge in [-0.15, -0.1) is 11.6 Å². The Kier molecular flexibility index (Phi) is 3.11. The number of esters is 1. The minimum absolute atomic E-state index is 0.322. The summed E-state index contributed by atoms with van der Waals surface area (Å²) in [7, 11) is 1.38. The summed E-state index contributed by atoms with van der Waals surface area (Å²) in [5.74, 6) is 0.111. The quantitative estimate of drug-likeness (QED) is 0.588. The van der Waals surface area contributed by atoms with E-state index < -0.39 is 0 Å². The predicted octanol–water partition coefficient (Wildman–Crippen LogP) is 3.37. The van der Waals surface area contributed by atoms with Gasteiger partial charge in [-0.2, -0.15) is 0 Å². The van der Waals surface area contributed by atoms with Crippen molar-refractivity contribution >= 4 is 28.3 Å². The highest BCUT2D eigenvalue weighted by Gasteiger charge is 2.11. The molecule has 0 saturated carbocycles. The van der Waals surface area contributed by atoms with Crippen LogP contribution in [0.3, 0.4) is 0 Å². The second-order valence-corrected chi connectivity index (χ2v) is 3.71. The number of ether oxygens (including phenoxy) is 1.